The Kier molecular flexibility index (Phi) is 4.32. The number of rotatable bonds is 3. The van der Waals surface area contributed by atoms with E-state index >= 15 is 0 Å². The van der Waals surface area contributed by atoms with Crippen molar-refractivity contribution in [2.24, 2.45) is 0 Å². The first-order valence-corrected chi connectivity index (χ1v) is 9.91. The predicted molar refractivity (Wildman–Crippen MR) is 126 cm³/mol. The number of nitrogens with zero attached hydrogens (tertiary/aromatic N) is 3. The van der Waals surface area contributed by atoms with Gasteiger partial charge in [-0.3, -0.25) is 0 Å². The molecular formula is C26H21N3O. The highest BCUT2D eigenvalue weighted by molar-refractivity contribution is 6.16. The molecule has 0 unspecified atom stereocenters. The Balaban J connectivity index is 1.77. The van der Waals surface area contributed by atoms with Gasteiger partial charge in [0, 0.05) is 48.1 Å². The SMILES string of the molecule is CN(C)c1ccc(/[N+]([O-])=C/c2c3ccccc3nc3c2ccc2ccccc23)cc1. The molecule has 1 heterocycles. The monoisotopic (exact) mass is 391 g/mol. The van der Waals surface area contributed by atoms with E-state index in [0.29, 0.717) is 5.69 Å². The summed E-state index contributed by atoms with van der Waals surface area (Å²) in [6.07, 6.45) is 1.67. The summed E-state index contributed by atoms with van der Waals surface area (Å²) < 4.78 is 0.940. The number of fused-ring (bicyclic) bond motifs is 4. The highest BCUT2D eigenvalue weighted by Crippen LogP contribution is 2.30. The lowest BCUT2D eigenvalue weighted by atomic mass is 9.99. The van der Waals surface area contributed by atoms with Crippen LogP contribution in [0.15, 0.2) is 84.9 Å². The maximum atomic E-state index is 13.1. The molecule has 0 bridgehead atoms. The summed E-state index contributed by atoms with van der Waals surface area (Å²) in [5, 5.41) is 17.2. The molecule has 4 aromatic carbocycles. The smallest absolute Gasteiger partial charge is 0.216 e. The van der Waals surface area contributed by atoms with Crippen LogP contribution in [0.1, 0.15) is 5.56 Å². The second-order valence-electron chi connectivity index (χ2n) is 7.59. The Morgan fingerprint density at radius 1 is 0.767 bits per heavy atom. The number of anilines is 1. The maximum absolute atomic E-state index is 13.1. The van der Waals surface area contributed by atoms with Gasteiger partial charge < -0.3 is 10.1 Å². The van der Waals surface area contributed by atoms with Gasteiger partial charge in [0.25, 0.3) is 0 Å². The third kappa shape index (κ3) is 3.03. The average Bonchev–Trinajstić information content (AvgIpc) is 2.78. The van der Waals surface area contributed by atoms with Gasteiger partial charge in [-0.2, -0.15) is 4.74 Å². The van der Waals surface area contributed by atoms with E-state index in [4.69, 9.17) is 4.98 Å². The fraction of sp³-hybridized carbons (Fsp3) is 0.0769. The topological polar surface area (TPSA) is 42.2 Å². The zero-order chi connectivity index (χ0) is 20.7. The van der Waals surface area contributed by atoms with E-state index in [2.05, 4.69) is 24.3 Å². The van der Waals surface area contributed by atoms with Crippen molar-refractivity contribution >= 4 is 50.2 Å². The molecule has 0 aliphatic heterocycles. The van der Waals surface area contributed by atoms with Crippen molar-refractivity contribution in [3.63, 3.8) is 0 Å². The van der Waals surface area contributed by atoms with Gasteiger partial charge in [0.1, 0.15) is 0 Å². The Hall–Kier alpha value is -3.92. The van der Waals surface area contributed by atoms with E-state index in [-0.39, 0.29) is 0 Å². The standard InChI is InChI=1S/C26H21N3O/c1-28(2)19-12-14-20(15-13-19)29(30)17-24-22-9-5-6-10-25(22)27-26-21-8-4-3-7-18(21)11-16-23(24)26/h3-17H,1-2H3/b29-17-. The molecule has 5 aromatic rings. The summed E-state index contributed by atoms with van der Waals surface area (Å²) in [5.41, 5.74) is 4.32. The molecule has 1 aromatic heterocycles. The fourth-order valence-electron chi connectivity index (χ4n) is 3.89. The van der Waals surface area contributed by atoms with Gasteiger partial charge in [0.05, 0.1) is 16.6 Å². The van der Waals surface area contributed by atoms with Gasteiger partial charge >= 0.3 is 0 Å². The Morgan fingerprint density at radius 2 is 1.47 bits per heavy atom. The second-order valence-corrected chi connectivity index (χ2v) is 7.59. The first-order chi connectivity index (χ1) is 14.6. The summed E-state index contributed by atoms with van der Waals surface area (Å²) in [6, 6.07) is 27.9. The minimum Gasteiger partial charge on any atom is -0.618 e. The van der Waals surface area contributed by atoms with Crippen LogP contribution in [0.4, 0.5) is 11.4 Å². The maximum Gasteiger partial charge on any atom is 0.216 e. The summed E-state index contributed by atoms with van der Waals surface area (Å²) in [4.78, 5) is 6.94. The number of para-hydroxylation sites is 1. The summed E-state index contributed by atoms with van der Waals surface area (Å²) in [7, 11) is 3.96. The molecule has 4 heteroatoms. The molecule has 146 valence electrons. The molecule has 0 aliphatic carbocycles. The van der Waals surface area contributed by atoms with Crippen LogP contribution in [0.5, 0.6) is 0 Å². The lowest BCUT2D eigenvalue weighted by molar-refractivity contribution is -0.354. The largest absolute Gasteiger partial charge is 0.618 e. The number of benzene rings is 4. The van der Waals surface area contributed by atoms with Crippen LogP contribution >= 0.6 is 0 Å². The van der Waals surface area contributed by atoms with E-state index < -0.39 is 0 Å². The van der Waals surface area contributed by atoms with Crippen LogP contribution in [0.2, 0.25) is 0 Å². The minimum atomic E-state index is 0.593. The minimum absolute atomic E-state index is 0.593. The van der Waals surface area contributed by atoms with Crippen LogP contribution in [-0.2, 0) is 0 Å². The number of hydrogen-bond acceptors (Lipinski definition) is 3. The summed E-state index contributed by atoms with van der Waals surface area (Å²) in [5.74, 6) is 0. The lowest BCUT2D eigenvalue weighted by Gasteiger charge is -2.13. The number of hydrogen-bond donors (Lipinski definition) is 0. The average molecular weight is 391 g/mol. The van der Waals surface area contributed by atoms with Crippen molar-refractivity contribution < 1.29 is 4.74 Å². The van der Waals surface area contributed by atoms with E-state index in [9.17, 15) is 5.21 Å². The molecule has 30 heavy (non-hydrogen) atoms. The van der Waals surface area contributed by atoms with E-state index in [1.165, 1.54) is 0 Å². The number of pyridine rings is 1. The van der Waals surface area contributed by atoms with Crippen molar-refractivity contribution in [1.29, 1.82) is 0 Å². The van der Waals surface area contributed by atoms with E-state index in [1.807, 2.05) is 79.7 Å². The van der Waals surface area contributed by atoms with Gasteiger partial charge in [-0.15, -0.1) is 0 Å². The van der Waals surface area contributed by atoms with Gasteiger partial charge in [-0.05, 0) is 23.6 Å². The Morgan fingerprint density at radius 3 is 2.23 bits per heavy atom. The highest BCUT2D eigenvalue weighted by atomic mass is 16.5. The van der Waals surface area contributed by atoms with Crippen LogP contribution in [0, 0.1) is 5.21 Å². The van der Waals surface area contributed by atoms with Crippen LogP contribution in [0.3, 0.4) is 0 Å². The number of aromatic nitrogens is 1. The van der Waals surface area contributed by atoms with Crippen molar-refractivity contribution in [2.75, 3.05) is 19.0 Å². The molecule has 0 atom stereocenters. The van der Waals surface area contributed by atoms with Crippen molar-refractivity contribution in [1.82, 2.24) is 4.98 Å². The Labute approximate surface area is 174 Å². The first kappa shape index (κ1) is 18.1. The van der Waals surface area contributed by atoms with Gasteiger partial charge in [-0.1, -0.05) is 54.6 Å². The molecule has 4 nitrogen and oxygen atoms in total. The van der Waals surface area contributed by atoms with Crippen molar-refractivity contribution in [2.45, 2.75) is 0 Å². The van der Waals surface area contributed by atoms with Crippen molar-refractivity contribution in [3.05, 3.63) is 95.7 Å². The molecule has 5 rings (SSSR count). The summed E-state index contributed by atoms with van der Waals surface area (Å²) in [6.45, 7) is 0. The van der Waals surface area contributed by atoms with Gasteiger partial charge in [-0.25, -0.2) is 4.98 Å². The third-order valence-corrected chi connectivity index (χ3v) is 5.48. The first-order valence-electron chi connectivity index (χ1n) is 9.91. The summed E-state index contributed by atoms with van der Waals surface area (Å²) >= 11 is 0. The van der Waals surface area contributed by atoms with Crippen LogP contribution in [-0.4, -0.2) is 30.0 Å². The second kappa shape index (κ2) is 7.16. The predicted octanol–water partition coefficient (Wildman–Crippen LogP) is 5.87. The molecule has 0 saturated carbocycles. The quantitative estimate of drug-likeness (QED) is 0.0965. The molecule has 0 aliphatic rings. The van der Waals surface area contributed by atoms with E-state index in [0.717, 1.165) is 48.6 Å². The van der Waals surface area contributed by atoms with Gasteiger partial charge in [0.2, 0.25) is 5.69 Å². The molecule has 0 spiro atoms. The molecular weight excluding hydrogens is 370 g/mol. The normalized spacial score (nSPS) is 12.0. The van der Waals surface area contributed by atoms with Crippen molar-refractivity contribution in [3.8, 4) is 0 Å². The third-order valence-electron chi connectivity index (χ3n) is 5.48. The van der Waals surface area contributed by atoms with Crippen LogP contribution < -0.4 is 4.90 Å². The fourth-order valence-corrected chi connectivity index (χ4v) is 3.89. The lowest BCUT2D eigenvalue weighted by Crippen LogP contribution is -2.08. The molecule has 0 radical (unpaired) electrons. The van der Waals surface area contributed by atoms with E-state index in [1.54, 1.807) is 6.21 Å². The van der Waals surface area contributed by atoms with Gasteiger partial charge in [0.15, 0.2) is 6.21 Å². The highest BCUT2D eigenvalue weighted by Gasteiger charge is 2.13. The zero-order valence-electron chi connectivity index (χ0n) is 16.9. The van der Waals surface area contributed by atoms with Crippen LogP contribution in [0.25, 0.3) is 32.6 Å². The molecule has 0 fully saturated rings. The molecule has 0 N–H and O–H groups in total. The molecule has 0 amide bonds. The zero-order valence-corrected chi connectivity index (χ0v) is 16.9. The Bertz CT molecular complexity index is 1420. The molecule has 0 saturated heterocycles.